The van der Waals surface area contributed by atoms with Crippen molar-refractivity contribution in [3.05, 3.63) is 76.3 Å². The van der Waals surface area contributed by atoms with Crippen LogP contribution in [0.3, 0.4) is 0 Å². The average molecular weight is 362 g/mol. The molecule has 1 aromatic carbocycles. The SMILES string of the molecule is O=C(Nc1ccc(NCc2ccco2)cn1)c1ccc(Cl)c(Cl)c1. The number of nitrogens with zero attached hydrogens (tertiary/aromatic N) is 1. The summed E-state index contributed by atoms with van der Waals surface area (Å²) in [5.74, 6) is 0.957. The van der Waals surface area contributed by atoms with Crippen LogP contribution in [-0.4, -0.2) is 10.9 Å². The first-order valence-corrected chi connectivity index (χ1v) is 7.86. The van der Waals surface area contributed by atoms with Crippen LogP contribution in [0.5, 0.6) is 0 Å². The van der Waals surface area contributed by atoms with E-state index in [0.717, 1.165) is 11.4 Å². The molecule has 2 N–H and O–H groups in total. The number of hydrogen-bond donors (Lipinski definition) is 2. The molecule has 24 heavy (non-hydrogen) atoms. The first kappa shape index (κ1) is 16.4. The second kappa shape index (κ2) is 7.38. The van der Waals surface area contributed by atoms with Crippen LogP contribution in [0, 0.1) is 0 Å². The standard InChI is InChI=1S/C17H13Cl2N3O2/c18-14-5-3-11(8-15(14)19)17(23)22-16-6-4-12(9-21-16)20-10-13-2-1-7-24-13/h1-9,20H,10H2,(H,21,22,23). The molecule has 0 saturated carbocycles. The normalized spacial score (nSPS) is 10.4. The molecule has 0 aliphatic rings. The summed E-state index contributed by atoms with van der Waals surface area (Å²) in [7, 11) is 0. The van der Waals surface area contributed by atoms with Crippen molar-refractivity contribution in [2.24, 2.45) is 0 Å². The topological polar surface area (TPSA) is 67.2 Å². The van der Waals surface area contributed by atoms with Crippen LogP contribution in [-0.2, 0) is 6.54 Å². The number of carbonyl (C=O) groups is 1. The summed E-state index contributed by atoms with van der Waals surface area (Å²) in [6, 6.07) is 11.9. The largest absolute Gasteiger partial charge is 0.467 e. The van der Waals surface area contributed by atoms with E-state index < -0.39 is 0 Å². The summed E-state index contributed by atoms with van der Waals surface area (Å²) in [6.45, 7) is 0.559. The Kier molecular flexibility index (Phi) is 5.03. The summed E-state index contributed by atoms with van der Waals surface area (Å²) < 4.78 is 5.24. The molecule has 0 saturated heterocycles. The molecule has 5 nitrogen and oxygen atoms in total. The van der Waals surface area contributed by atoms with Gasteiger partial charge in [-0.3, -0.25) is 4.79 Å². The van der Waals surface area contributed by atoms with Gasteiger partial charge < -0.3 is 15.1 Å². The molecular weight excluding hydrogens is 349 g/mol. The Hall–Kier alpha value is -2.50. The predicted molar refractivity (Wildman–Crippen MR) is 94.7 cm³/mol. The highest BCUT2D eigenvalue weighted by Crippen LogP contribution is 2.23. The van der Waals surface area contributed by atoms with Gasteiger partial charge >= 0.3 is 0 Å². The molecule has 122 valence electrons. The average Bonchev–Trinajstić information content (AvgIpc) is 3.10. The van der Waals surface area contributed by atoms with Gasteiger partial charge in [-0.05, 0) is 42.5 Å². The van der Waals surface area contributed by atoms with Gasteiger partial charge in [-0.15, -0.1) is 0 Å². The lowest BCUT2D eigenvalue weighted by molar-refractivity contribution is 0.102. The zero-order valence-electron chi connectivity index (χ0n) is 12.4. The monoisotopic (exact) mass is 361 g/mol. The molecule has 1 amide bonds. The fourth-order valence-corrected chi connectivity index (χ4v) is 2.30. The minimum Gasteiger partial charge on any atom is -0.467 e. The van der Waals surface area contributed by atoms with E-state index in [1.165, 1.54) is 6.07 Å². The van der Waals surface area contributed by atoms with Crippen molar-refractivity contribution in [1.82, 2.24) is 4.98 Å². The van der Waals surface area contributed by atoms with E-state index in [4.69, 9.17) is 27.6 Å². The van der Waals surface area contributed by atoms with Crippen molar-refractivity contribution in [1.29, 1.82) is 0 Å². The van der Waals surface area contributed by atoms with E-state index in [1.54, 1.807) is 30.7 Å². The Morgan fingerprint density at radius 1 is 1.12 bits per heavy atom. The van der Waals surface area contributed by atoms with Crippen LogP contribution in [0.2, 0.25) is 10.0 Å². The van der Waals surface area contributed by atoms with Gasteiger partial charge in [0, 0.05) is 5.56 Å². The highest BCUT2D eigenvalue weighted by atomic mass is 35.5. The first-order valence-electron chi connectivity index (χ1n) is 7.10. The minimum atomic E-state index is -0.308. The maximum Gasteiger partial charge on any atom is 0.256 e. The molecule has 2 heterocycles. The van der Waals surface area contributed by atoms with Gasteiger partial charge in [0.1, 0.15) is 11.6 Å². The molecule has 7 heteroatoms. The Labute approximate surface area is 148 Å². The summed E-state index contributed by atoms with van der Waals surface area (Å²) in [5, 5.41) is 6.61. The van der Waals surface area contributed by atoms with Gasteiger partial charge in [0.05, 0.1) is 34.7 Å². The molecule has 0 spiro atoms. The summed E-state index contributed by atoms with van der Waals surface area (Å²) in [4.78, 5) is 16.4. The molecule has 2 aromatic heterocycles. The Morgan fingerprint density at radius 2 is 2.00 bits per heavy atom. The van der Waals surface area contributed by atoms with Crippen molar-refractivity contribution in [2.75, 3.05) is 10.6 Å². The van der Waals surface area contributed by atoms with Crippen molar-refractivity contribution in [2.45, 2.75) is 6.54 Å². The van der Waals surface area contributed by atoms with Crippen LogP contribution in [0.15, 0.2) is 59.3 Å². The van der Waals surface area contributed by atoms with Gasteiger partial charge in [0.15, 0.2) is 0 Å². The molecule has 0 atom stereocenters. The van der Waals surface area contributed by atoms with E-state index in [9.17, 15) is 4.79 Å². The third kappa shape index (κ3) is 4.07. The summed E-state index contributed by atoms with van der Waals surface area (Å²) in [6.07, 6.45) is 3.25. The molecule has 0 bridgehead atoms. The first-order chi connectivity index (χ1) is 11.6. The number of pyridine rings is 1. The van der Waals surface area contributed by atoms with Crippen LogP contribution >= 0.6 is 23.2 Å². The van der Waals surface area contributed by atoms with Crippen LogP contribution in [0.4, 0.5) is 11.5 Å². The number of amides is 1. The molecule has 3 aromatic rings. The number of halogens is 2. The van der Waals surface area contributed by atoms with Crippen molar-refractivity contribution < 1.29 is 9.21 Å². The van der Waals surface area contributed by atoms with E-state index in [1.807, 2.05) is 18.2 Å². The van der Waals surface area contributed by atoms with Crippen molar-refractivity contribution in [3.8, 4) is 0 Å². The number of hydrogen-bond acceptors (Lipinski definition) is 4. The van der Waals surface area contributed by atoms with Crippen LogP contribution in [0.1, 0.15) is 16.1 Å². The third-order valence-electron chi connectivity index (χ3n) is 3.23. The van der Waals surface area contributed by atoms with Gasteiger partial charge in [0.2, 0.25) is 0 Å². The quantitative estimate of drug-likeness (QED) is 0.681. The van der Waals surface area contributed by atoms with Gasteiger partial charge in [-0.1, -0.05) is 23.2 Å². The zero-order valence-corrected chi connectivity index (χ0v) is 13.9. The summed E-state index contributed by atoms with van der Waals surface area (Å²) in [5.41, 5.74) is 1.23. The van der Waals surface area contributed by atoms with E-state index in [0.29, 0.717) is 28.0 Å². The molecule has 0 aliphatic carbocycles. The molecule has 0 fully saturated rings. The minimum absolute atomic E-state index is 0.308. The Balaban J connectivity index is 1.60. The number of rotatable bonds is 5. The lowest BCUT2D eigenvalue weighted by Crippen LogP contribution is -2.13. The maximum absolute atomic E-state index is 12.2. The maximum atomic E-state index is 12.2. The van der Waals surface area contributed by atoms with E-state index >= 15 is 0 Å². The van der Waals surface area contributed by atoms with Crippen LogP contribution in [0.25, 0.3) is 0 Å². The van der Waals surface area contributed by atoms with Gasteiger partial charge in [-0.2, -0.15) is 0 Å². The number of nitrogens with one attached hydrogen (secondary N) is 2. The molecule has 0 aliphatic heterocycles. The fraction of sp³-hybridized carbons (Fsp3) is 0.0588. The number of carbonyl (C=O) groups excluding carboxylic acids is 1. The predicted octanol–water partition coefficient (Wildman–Crippen LogP) is 4.85. The smallest absolute Gasteiger partial charge is 0.256 e. The lowest BCUT2D eigenvalue weighted by atomic mass is 10.2. The molecular formula is C17H13Cl2N3O2. The number of benzene rings is 1. The Morgan fingerprint density at radius 3 is 2.67 bits per heavy atom. The molecule has 0 unspecified atom stereocenters. The van der Waals surface area contributed by atoms with Crippen molar-refractivity contribution >= 4 is 40.6 Å². The third-order valence-corrected chi connectivity index (χ3v) is 3.97. The number of furan rings is 1. The lowest BCUT2D eigenvalue weighted by Gasteiger charge is -2.07. The van der Waals surface area contributed by atoms with Crippen molar-refractivity contribution in [3.63, 3.8) is 0 Å². The Bertz CT molecular complexity index is 834. The van der Waals surface area contributed by atoms with E-state index in [-0.39, 0.29) is 5.91 Å². The van der Waals surface area contributed by atoms with Crippen LogP contribution < -0.4 is 10.6 Å². The second-order valence-electron chi connectivity index (χ2n) is 4.95. The van der Waals surface area contributed by atoms with Gasteiger partial charge in [0.25, 0.3) is 5.91 Å². The molecule has 0 radical (unpaired) electrons. The van der Waals surface area contributed by atoms with E-state index in [2.05, 4.69) is 15.6 Å². The highest BCUT2D eigenvalue weighted by Gasteiger charge is 2.09. The highest BCUT2D eigenvalue weighted by molar-refractivity contribution is 6.42. The second-order valence-corrected chi connectivity index (χ2v) is 5.76. The summed E-state index contributed by atoms with van der Waals surface area (Å²) >= 11 is 11.8. The molecule has 3 rings (SSSR count). The number of anilines is 2. The fourth-order valence-electron chi connectivity index (χ4n) is 2.00. The van der Waals surface area contributed by atoms with Gasteiger partial charge in [-0.25, -0.2) is 4.98 Å². The number of aromatic nitrogens is 1. The zero-order chi connectivity index (χ0) is 16.9.